The summed E-state index contributed by atoms with van der Waals surface area (Å²) in [5, 5.41) is 7.34. The van der Waals surface area contributed by atoms with Crippen LogP contribution in [0.2, 0.25) is 0 Å². The van der Waals surface area contributed by atoms with Crippen molar-refractivity contribution < 1.29 is 0 Å². The molecule has 2 heteroatoms. The van der Waals surface area contributed by atoms with Crippen molar-refractivity contribution in [3.05, 3.63) is 205 Å². The zero-order chi connectivity index (χ0) is 38.1. The Kier molecular flexibility index (Phi) is 7.55. The van der Waals surface area contributed by atoms with Crippen LogP contribution in [0.1, 0.15) is 25.0 Å². The molecule has 0 atom stereocenters. The van der Waals surface area contributed by atoms with Crippen LogP contribution in [0.15, 0.2) is 194 Å². The molecule has 1 aliphatic rings. The molecule has 0 bridgehead atoms. The lowest BCUT2D eigenvalue weighted by molar-refractivity contribution is 0.661. The summed E-state index contributed by atoms with van der Waals surface area (Å²) in [4.78, 5) is 10.6. The Morgan fingerprint density at radius 2 is 0.877 bits per heavy atom. The molecule has 1 aliphatic carbocycles. The lowest BCUT2D eigenvalue weighted by atomic mass is 9.81. The smallest absolute Gasteiger partial charge is 0.161 e. The largest absolute Gasteiger partial charge is 0.228 e. The van der Waals surface area contributed by atoms with Gasteiger partial charge in [-0.15, -0.1) is 0 Å². The molecule has 0 unspecified atom stereocenters. The van der Waals surface area contributed by atoms with Crippen LogP contribution in [0.5, 0.6) is 0 Å². The molecule has 0 radical (unpaired) electrons. The van der Waals surface area contributed by atoms with Gasteiger partial charge in [-0.25, -0.2) is 9.97 Å². The maximum absolute atomic E-state index is 5.34. The Morgan fingerprint density at radius 1 is 0.316 bits per heavy atom. The van der Waals surface area contributed by atoms with Crippen LogP contribution < -0.4 is 0 Å². The van der Waals surface area contributed by atoms with Crippen molar-refractivity contribution in [2.75, 3.05) is 0 Å². The van der Waals surface area contributed by atoms with E-state index in [0.29, 0.717) is 5.82 Å². The third kappa shape index (κ3) is 5.56. The van der Waals surface area contributed by atoms with Crippen LogP contribution in [-0.2, 0) is 5.41 Å². The number of benzene rings is 9. The van der Waals surface area contributed by atoms with E-state index in [9.17, 15) is 0 Å². The minimum atomic E-state index is -0.0764. The molecule has 0 amide bonds. The van der Waals surface area contributed by atoms with Gasteiger partial charge in [0.1, 0.15) is 0 Å². The fourth-order valence-corrected chi connectivity index (χ4v) is 9.05. The third-order valence-corrected chi connectivity index (χ3v) is 12.1. The number of aromatic nitrogens is 2. The average molecular weight is 727 g/mol. The summed E-state index contributed by atoms with van der Waals surface area (Å²) in [7, 11) is 0. The SMILES string of the molecule is CC1(C)c2ccc(-c3ccc(-c4nc(-c5ccccc5)cc(-c5cccc(-c6ccc7ccccc7c6)c5)n4)c4ccccc34)cc2-c2cc3ccccc3cc21. The Hall–Kier alpha value is -7.16. The van der Waals surface area contributed by atoms with Gasteiger partial charge >= 0.3 is 0 Å². The summed E-state index contributed by atoms with van der Waals surface area (Å²) in [6.07, 6.45) is 0. The van der Waals surface area contributed by atoms with Gasteiger partial charge in [0.15, 0.2) is 5.82 Å². The van der Waals surface area contributed by atoms with E-state index in [-0.39, 0.29) is 5.41 Å². The fraction of sp³-hybridized carbons (Fsp3) is 0.0545. The molecule has 0 N–H and O–H groups in total. The van der Waals surface area contributed by atoms with Crippen LogP contribution in [0.4, 0.5) is 0 Å². The molecule has 10 aromatic rings. The van der Waals surface area contributed by atoms with Crippen LogP contribution >= 0.6 is 0 Å². The average Bonchev–Trinajstić information content (AvgIpc) is 3.49. The minimum absolute atomic E-state index is 0.0764. The molecule has 11 rings (SSSR count). The molecule has 57 heavy (non-hydrogen) atoms. The Balaban J connectivity index is 1.05. The van der Waals surface area contributed by atoms with E-state index in [1.54, 1.807) is 0 Å². The van der Waals surface area contributed by atoms with Crippen molar-refractivity contribution in [3.8, 4) is 67.3 Å². The van der Waals surface area contributed by atoms with Gasteiger partial charge in [0.2, 0.25) is 0 Å². The van der Waals surface area contributed by atoms with E-state index in [1.165, 1.54) is 65.9 Å². The Labute approximate surface area is 332 Å². The van der Waals surface area contributed by atoms with Crippen molar-refractivity contribution in [3.63, 3.8) is 0 Å². The summed E-state index contributed by atoms with van der Waals surface area (Å²) in [6.45, 7) is 4.71. The van der Waals surface area contributed by atoms with Gasteiger partial charge in [0, 0.05) is 22.1 Å². The molecule has 1 heterocycles. The van der Waals surface area contributed by atoms with Crippen LogP contribution in [-0.4, -0.2) is 9.97 Å². The minimum Gasteiger partial charge on any atom is -0.228 e. The first-order chi connectivity index (χ1) is 28.0. The van der Waals surface area contributed by atoms with Crippen molar-refractivity contribution >= 4 is 32.3 Å². The van der Waals surface area contributed by atoms with Crippen LogP contribution in [0.25, 0.3) is 99.6 Å². The van der Waals surface area contributed by atoms with Gasteiger partial charge in [-0.05, 0) is 119 Å². The second kappa shape index (κ2) is 13.0. The maximum atomic E-state index is 5.34. The standard InChI is InChI=1S/C55H38N2/c1-55(2)50-28-25-42(32-48(50)49-31-39-17-8-9-18-40(39)33-51(49)55)44-26-27-47(46-22-11-10-21-45(44)46)54-56-52(36-14-4-3-5-15-36)34-53(57-54)43-20-12-19-38(30-43)41-24-23-35-13-6-7-16-37(35)29-41/h3-34H,1-2H3. The van der Waals surface area contributed by atoms with Crippen molar-refractivity contribution in [1.29, 1.82) is 0 Å². The summed E-state index contributed by atoms with van der Waals surface area (Å²) in [5.41, 5.74) is 15.0. The monoisotopic (exact) mass is 726 g/mol. The first kappa shape index (κ1) is 33.2. The van der Waals surface area contributed by atoms with Crippen LogP contribution in [0, 0.1) is 0 Å². The maximum Gasteiger partial charge on any atom is 0.161 e. The second-order valence-electron chi connectivity index (χ2n) is 15.8. The number of hydrogen-bond donors (Lipinski definition) is 0. The van der Waals surface area contributed by atoms with Gasteiger partial charge in [0.05, 0.1) is 11.4 Å². The van der Waals surface area contributed by atoms with Gasteiger partial charge in [-0.1, -0.05) is 166 Å². The van der Waals surface area contributed by atoms with E-state index in [2.05, 4.69) is 202 Å². The zero-order valence-corrected chi connectivity index (χ0v) is 31.9. The highest BCUT2D eigenvalue weighted by molar-refractivity contribution is 6.05. The second-order valence-corrected chi connectivity index (χ2v) is 15.8. The highest BCUT2D eigenvalue weighted by Gasteiger charge is 2.36. The third-order valence-electron chi connectivity index (χ3n) is 12.1. The molecule has 0 saturated heterocycles. The lowest BCUT2D eigenvalue weighted by Crippen LogP contribution is -2.14. The zero-order valence-electron chi connectivity index (χ0n) is 31.9. The summed E-state index contributed by atoms with van der Waals surface area (Å²) >= 11 is 0. The fourth-order valence-electron chi connectivity index (χ4n) is 9.05. The van der Waals surface area contributed by atoms with E-state index < -0.39 is 0 Å². The molecule has 9 aromatic carbocycles. The van der Waals surface area contributed by atoms with Crippen molar-refractivity contribution in [2.24, 2.45) is 0 Å². The highest BCUT2D eigenvalue weighted by atomic mass is 14.9. The van der Waals surface area contributed by atoms with E-state index in [4.69, 9.17) is 9.97 Å². The molecule has 0 fully saturated rings. The molecule has 1 aromatic heterocycles. The highest BCUT2D eigenvalue weighted by Crippen LogP contribution is 2.51. The number of nitrogens with zero attached hydrogens (tertiary/aromatic N) is 2. The first-order valence-electron chi connectivity index (χ1n) is 19.7. The molecular formula is C55H38N2. The lowest BCUT2D eigenvalue weighted by Gasteiger charge is -2.22. The van der Waals surface area contributed by atoms with Crippen LogP contribution in [0.3, 0.4) is 0 Å². The van der Waals surface area contributed by atoms with Crippen molar-refractivity contribution in [1.82, 2.24) is 9.97 Å². The first-order valence-corrected chi connectivity index (χ1v) is 19.7. The molecular weight excluding hydrogens is 689 g/mol. The molecule has 0 saturated carbocycles. The van der Waals surface area contributed by atoms with Crippen molar-refractivity contribution in [2.45, 2.75) is 19.3 Å². The number of hydrogen-bond acceptors (Lipinski definition) is 2. The molecule has 268 valence electrons. The molecule has 2 nitrogen and oxygen atoms in total. The molecule has 0 spiro atoms. The number of fused-ring (bicyclic) bond motifs is 6. The normalized spacial score (nSPS) is 12.9. The van der Waals surface area contributed by atoms with E-state index >= 15 is 0 Å². The Bertz CT molecular complexity index is 3210. The summed E-state index contributed by atoms with van der Waals surface area (Å²) in [5.74, 6) is 0.710. The summed E-state index contributed by atoms with van der Waals surface area (Å²) < 4.78 is 0. The van der Waals surface area contributed by atoms with Gasteiger partial charge in [0.25, 0.3) is 0 Å². The van der Waals surface area contributed by atoms with E-state index in [0.717, 1.165) is 39.0 Å². The quantitative estimate of drug-likeness (QED) is 0.176. The van der Waals surface area contributed by atoms with Gasteiger partial charge in [-0.2, -0.15) is 0 Å². The predicted molar refractivity (Wildman–Crippen MR) is 239 cm³/mol. The Morgan fingerprint density at radius 3 is 1.67 bits per heavy atom. The topological polar surface area (TPSA) is 25.8 Å². The summed E-state index contributed by atoms with van der Waals surface area (Å²) in [6, 6.07) is 70.2. The predicted octanol–water partition coefficient (Wildman–Crippen LogP) is 14.6. The van der Waals surface area contributed by atoms with Gasteiger partial charge < -0.3 is 0 Å². The van der Waals surface area contributed by atoms with Gasteiger partial charge in [-0.3, -0.25) is 0 Å². The number of rotatable bonds is 5. The molecule has 0 aliphatic heterocycles. The van der Waals surface area contributed by atoms with E-state index in [1.807, 2.05) is 6.07 Å².